The molecule has 128 valence electrons. The first-order chi connectivity index (χ1) is 12.1. The summed E-state index contributed by atoms with van der Waals surface area (Å²) < 4.78 is 10.4. The van der Waals surface area contributed by atoms with Crippen molar-refractivity contribution in [2.75, 3.05) is 19.5 Å². The van der Waals surface area contributed by atoms with Gasteiger partial charge in [0.15, 0.2) is 17.3 Å². The van der Waals surface area contributed by atoms with Crippen LogP contribution in [-0.4, -0.2) is 25.9 Å². The highest BCUT2D eigenvalue weighted by Crippen LogP contribution is 2.27. The number of nitrogens with one attached hydrogen (secondary N) is 1. The van der Waals surface area contributed by atoms with Crippen LogP contribution in [0, 0.1) is 0 Å². The number of carbonyl (C=O) groups excluding carboxylic acids is 2. The summed E-state index contributed by atoms with van der Waals surface area (Å²) in [6, 6.07) is 14.3. The summed E-state index contributed by atoms with van der Waals surface area (Å²) in [4.78, 5) is 23.6. The molecule has 0 bridgehead atoms. The highest BCUT2D eigenvalue weighted by atomic mass is 16.5. The lowest BCUT2D eigenvalue weighted by Crippen LogP contribution is -2.08. The van der Waals surface area contributed by atoms with Crippen LogP contribution in [-0.2, 0) is 9.59 Å². The van der Waals surface area contributed by atoms with Crippen LogP contribution in [0.5, 0.6) is 11.5 Å². The minimum atomic E-state index is -0.362. The summed E-state index contributed by atoms with van der Waals surface area (Å²) in [7, 11) is 3.10. The number of rotatable bonds is 7. The Hall–Kier alpha value is -3.34. The van der Waals surface area contributed by atoms with Crippen LogP contribution in [0.1, 0.15) is 5.56 Å². The van der Waals surface area contributed by atoms with Gasteiger partial charge in [-0.1, -0.05) is 30.3 Å². The highest BCUT2D eigenvalue weighted by Gasteiger charge is 2.03. The molecule has 0 unspecified atom stereocenters. The van der Waals surface area contributed by atoms with E-state index >= 15 is 0 Å². The SMILES string of the molecule is COc1ccc(/C=C/C(=O)/C=C/C(=O)Nc2ccccc2)cc1OC. The van der Waals surface area contributed by atoms with Crippen LogP contribution in [0.15, 0.2) is 66.8 Å². The number of allylic oxidation sites excluding steroid dienone is 2. The molecular weight excluding hydrogens is 318 g/mol. The molecule has 5 nitrogen and oxygen atoms in total. The number of carbonyl (C=O) groups is 2. The van der Waals surface area contributed by atoms with Gasteiger partial charge in [-0.05, 0) is 42.0 Å². The molecular formula is C20H19NO4. The lowest BCUT2D eigenvalue weighted by Gasteiger charge is -2.07. The van der Waals surface area contributed by atoms with E-state index in [4.69, 9.17) is 9.47 Å². The molecule has 0 radical (unpaired) electrons. The molecule has 0 aromatic heterocycles. The van der Waals surface area contributed by atoms with E-state index in [1.807, 2.05) is 18.2 Å². The maximum atomic E-state index is 11.8. The summed E-state index contributed by atoms with van der Waals surface area (Å²) in [5.74, 6) is 0.537. The number of methoxy groups -OCH3 is 2. The summed E-state index contributed by atoms with van der Waals surface area (Å²) >= 11 is 0. The largest absolute Gasteiger partial charge is 0.493 e. The molecule has 1 N–H and O–H groups in total. The first-order valence-electron chi connectivity index (χ1n) is 7.60. The summed E-state index contributed by atoms with van der Waals surface area (Å²) in [6.07, 6.45) is 5.45. The van der Waals surface area contributed by atoms with Crippen molar-refractivity contribution in [2.45, 2.75) is 0 Å². The Bertz CT molecular complexity index is 795. The van der Waals surface area contributed by atoms with E-state index in [1.54, 1.807) is 50.6 Å². The number of hydrogen-bond acceptors (Lipinski definition) is 4. The number of ether oxygens (including phenoxy) is 2. The lowest BCUT2D eigenvalue weighted by atomic mass is 10.1. The average Bonchev–Trinajstić information content (AvgIpc) is 2.65. The molecule has 0 aliphatic heterocycles. The Labute approximate surface area is 146 Å². The smallest absolute Gasteiger partial charge is 0.248 e. The van der Waals surface area contributed by atoms with Gasteiger partial charge in [-0.3, -0.25) is 9.59 Å². The molecule has 5 heteroatoms. The number of ketones is 1. The number of amides is 1. The zero-order chi connectivity index (χ0) is 18.1. The molecule has 0 aliphatic rings. The van der Waals surface area contributed by atoms with E-state index < -0.39 is 0 Å². The number of para-hydroxylation sites is 1. The first kappa shape index (κ1) is 18.0. The molecule has 2 aromatic rings. The topological polar surface area (TPSA) is 64.6 Å². The predicted octanol–water partition coefficient (Wildman–Crippen LogP) is 3.48. The third kappa shape index (κ3) is 5.66. The molecule has 2 aromatic carbocycles. The highest BCUT2D eigenvalue weighted by molar-refractivity contribution is 6.08. The van der Waals surface area contributed by atoms with E-state index in [9.17, 15) is 9.59 Å². The second-order valence-corrected chi connectivity index (χ2v) is 5.04. The minimum Gasteiger partial charge on any atom is -0.493 e. The van der Waals surface area contributed by atoms with E-state index in [2.05, 4.69) is 5.32 Å². The van der Waals surface area contributed by atoms with Gasteiger partial charge < -0.3 is 14.8 Å². The molecule has 0 saturated carbocycles. The molecule has 25 heavy (non-hydrogen) atoms. The van der Waals surface area contributed by atoms with Crippen LogP contribution < -0.4 is 14.8 Å². The molecule has 0 aliphatic carbocycles. The zero-order valence-electron chi connectivity index (χ0n) is 14.1. The van der Waals surface area contributed by atoms with Crippen molar-refractivity contribution >= 4 is 23.5 Å². The second kappa shape index (κ2) is 9.08. The fourth-order valence-electron chi connectivity index (χ4n) is 2.05. The Kier molecular flexibility index (Phi) is 6.54. The van der Waals surface area contributed by atoms with Gasteiger partial charge in [0.25, 0.3) is 0 Å². The van der Waals surface area contributed by atoms with Crippen LogP contribution in [0.25, 0.3) is 6.08 Å². The van der Waals surface area contributed by atoms with Crippen LogP contribution in [0.2, 0.25) is 0 Å². The number of hydrogen-bond donors (Lipinski definition) is 1. The molecule has 0 saturated heterocycles. The quantitative estimate of drug-likeness (QED) is 0.786. The lowest BCUT2D eigenvalue weighted by molar-refractivity contribution is -0.113. The van der Waals surface area contributed by atoms with Crippen LogP contribution in [0.3, 0.4) is 0 Å². The van der Waals surface area contributed by atoms with E-state index in [0.29, 0.717) is 17.2 Å². The van der Waals surface area contributed by atoms with Crippen molar-refractivity contribution in [1.29, 1.82) is 0 Å². The fraction of sp³-hybridized carbons (Fsp3) is 0.100. The van der Waals surface area contributed by atoms with Gasteiger partial charge in [0, 0.05) is 11.8 Å². The van der Waals surface area contributed by atoms with Crippen molar-refractivity contribution in [3.05, 3.63) is 72.3 Å². The number of benzene rings is 2. The van der Waals surface area contributed by atoms with Gasteiger partial charge in [-0.2, -0.15) is 0 Å². The van der Waals surface area contributed by atoms with Gasteiger partial charge in [0.2, 0.25) is 5.91 Å². The molecule has 0 atom stereocenters. The maximum absolute atomic E-state index is 11.8. The normalized spacial score (nSPS) is 10.8. The zero-order valence-corrected chi connectivity index (χ0v) is 14.1. The van der Waals surface area contributed by atoms with Crippen molar-refractivity contribution in [1.82, 2.24) is 0 Å². The van der Waals surface area contributed by atoms with Crippen LogP contribution in [0.4, 0.5) is 5.69 Å². The summed E-state index contributed by atoms with van der Waals surface area (Å²) in [6.45, 7) is 0. The van der Waals surface area contributed by atoms with E-state index in [0.717, 1.165) is 5.56 Å². The predicted molar refractivity (Wildman–Crippen MR) is 97.8 cm³/mol. The van der Waals surface area contributed by atoms with Gasteiger partial charge >= 0.3 is 0 Å². The first-order valence-corrected chi connectivity index (χ1v) is 7.60. The third-order valence-electron chi connectivity index (χ3n) is 3.29. The van der Waals surface area contributed by atoms with Gasteiger partial charge in [0.05, 0.1) is 14.2 Å². The Balaban J connectivity index is 1.95. The average molecular weight is 337 g/mol. The third-order valence-corrected chi connectivity index (χ3v) is 3.29. The van der Waals surface area contributed by atoms with Gasteiger partial charge in [0.1, 0.15) is 0 Å². The molecule has 2 rings (SSSR count). The van der Waals surface area contributed by atoms with E-state index in [1.165, 1.54) is 18.2 Å². The standard InChI is InChI=1S/C20H19NO4/c1-24-18-12-9-15(14-19(18)25-2)8-10-17(22)11-13-20(23)21-16-6-4-3-5-7-16/h3-14H,1-2H3,(H,21,23)/b10-8+,13-11+. The van der Waals surface area contributed by atoms with Crippen molar-refractivity contribution in [2.24, 2.45) is 0 Å². The molecule has 0 spiro atoms. The van der Waals surface area contributed by atoms with Crippen molar-refractivity contribution < 1.29 is 19.1 Å². The minimum absolute atomic E-state index is 0.294. The molecule has 0 heterocycles. The number of anilines is 1. The molecule has 0 fully saturated rings. The van der Waals surface area contributed by atoms with Gasteiger partial charge in [-0.25, -0.2) is 0 Å². The molecule has 1 amide bonds. The Morgan fingerprint density at radius 3 is 2.28 bits per heavy atom. The summed E-state index contributed by atoms with van der Waals surface area (Å²) in [5, 5.41) is 2.67. The Morgan fingerprint density at radius 2 is 1.60 bits per heavy atom. The monoisotopic (exact) mass is 337 g/mol. The maximum Gasteiger partial charge on any atom is 0.248 e. The van der Waals surface area contributed by atoms with Gasteiger partial charge in [-0.15, -0.1) is 0 Å². The van der Waals surface area contributed by atoms with Crippen LogP contribution >= 0.6 is 0 Å². The second-order valence-electron chi connectivity index (χ2n) is 5.04. The fourth-order valence-corrected chi connectivity index (χ4v) is 2.05. The van der Waals surface area contributed by atoms with Crippen molar-refractivity contribution in [3.63, 3.8) is 0 Å². The van der Waals surface area contributed by atoms with Crippen molar-refractivity contribution in [3.8, 4) is 11.5 Å². The Morgan fingerprint density at radius 1 is 0.880 bits per heavy atom. The van der Waals surface area contributed by atoms with E-state index in [-0.39, 0.29) is 11.7 Å². The summed E-state index contributed by atoms with van der Waals surface area (Å²) in [5.41, 5.74) is 1.46.